The van der Waals surface area contributed by atoms with Crippen molar-refractivity contribution in [2.75, 3.05) is 0 Å². The topological polar surface area (TPSA) is 30.2 Å². The van der Waals surface area contributed by atoms with Gasteiger partial charge in [0.15, 0.2) is 0 Å². The van der Waals surface area contributed by atoms with Crippen molar-refractivity contribution < 1.29 is 8.81 Å². The molecule has 0 amide bonds. The maximum atomic E-state index is 15.1. The highest BCUT2D eigenvalue weighted by Gasteiger charge is 2.14. The Hall–Kier alpha value is -2.68. The van der Waals surface area contributed by atoms with E-state index in [0.717, 1.165) is 24.0 Å². The van der Waals surface area contributed by atoms with E-state index in [2.05, 4.69) is 6.92 Å². The highest BCUT2D eigenvalue weighted by molar-refractivity contribution is 5.87. The Balaban J connectivity index is 1.81. The molecular formula is C26H29FO2. The van der Waals surface area contributed by atoms with Crippen LogP contribution in [0.2, 0.25) is 0 Å². The first kappa shape index (κ1) is 21.0. The van der Waals surface area contributed by atoms with E-state index in [1.165, 1.54) is 25.7 Å². The molecule has 152 valence electrons. The number of aryl methyl sites for hydroxylation is 1. The van der Waals surface area contributed by atoms with Crippen molar-refractivity contribution >= 4 is 16.8 Å². The zero-order chi connectivity index (χ0) is 20.6. The first-order chi connectivity index (χ1) is 14.1. The van der Waals surface area contributed by atoms with Crippen molar-refractivity contribution in [3.63, 3.8) is 0 Å². The second-order valence-corrected chi connectivity index (χ2v) is 7.53. The molecule has 2 aromatic carbocycles. The minimum Gasteiger partial charge on any atom is -0.427 e. The Morgan fingerprint density at radius 3 is 2.41 bits per heavy atom. The number of hydrogen-bond acceptors (Lipinski definition) is 2. The van der Waals surface area contributed by atoms with Crippen LogP contribution in [-0.4, -0.2) is 0 Å². The number of hydrogen-bond donors (Lipinski definition) is 0. The predicted octanol–water partition coefficient (Wildman–Crippen LogP) is 7.54. The molecule has 0 radical (unpaired) electrons. The minimum atomic E-state index is -0.589. The third-order valence-electron chi connectivity index (χ3n) is 5.28. The summed E-state index contributed by atoms with van der Waals surface area (Å²) < 4.78 is 20.6. The molecule has 3 rings (SSSR count). The van der Waals surface area contributed by atoms with Crippen LogP contribution >= 0.6 is 0 Å². The highest BCUT2D eigenvalue weighted by Crippen LogP contribution is 2.28. The quantitative estimate of drug-likeness (QED) is 0.352. The first-order valence-corrected chi connectivity index (χ1v) is 10.6. The van der Waals surface area contributed by atoms with E-state index in [-0.39, 0.29) is 5.39 Å². The second kappa shape index (κ2) is 10.2. The minimum absolute atomic E-state index is 0.0340. The molecule has 1 heterocycles. The van der Waals surface area contributed by atoms with Gasteiger partial charge >= 0.3 is 5.63 Å². The summed E-state index contributed by atoms with van der Waals surface area (Å²) in [5.41, 5.74) is 1.62. The largest absolute Gasteiger partial charge is 0.427 e. The summed E-state index contributed by atoms with van der Waals surface area (Å²) in [5, 5.41) is 0.640. The maximum absolute atomic E-state index is 15.1. The van der Waals surface area contributed by atoms with Crippen LogP contribution in [0.4, 0.5) is 4.39 Å². The fourth-order valence-electron chi connectivity index (χ4n) is 3.68. The zero-order valence-electron chi connectivity index (χ0n) is 17.3. The predicted molar refractivity (Wildman–Crippen MR) is 120 cm³/mol. The normalized spacial score (nSPS) is 11.6. The van der Waals surface area contributed by atoms with Gasteiger partial charge in [0.1, 0.15) is 17.0 Å². The average Bonchev–Trinajstić information content (AvgIpc) is 2.71. The summed E-state index contributed by atoms with van der Waals surface area (Å²) in [6.45, 7) is 4.16. The summed E-state index contributed by atoms with van der Waals surface area (Å²) in [4.78, 5) is 12.5. The zero-order valence-corrected chi connectivity index (χ0v) is 17.3. The van der Waals surface area contributed by atoms with E-state index < -0.39 is 11.4 Å². The van der Waals surface area contributed by atoms with Gasteiger partial charge < -0.3 is 4.42 Å². The van der Waals surface area contributed by atoms with Crippen molar-refractivity contribution in [1.29, 1.82) is 0 Å². The van der Waals surface area contributed by atoms with Crippen molar-refractivity contribution in [3.05, 3.63) is 76.1 Å². The third kappa shape index (κ3) is 5.23. The van der Waals surface area contributed by atoms with E-state index in [4.69, 9.17) is 4.42 Å². The van der Waals surface area contributed by atoms with Crippen LogP contribution in [0.15, 0.2) is 57.8 Å². The molecule has 0 N–H and O–H groups in total. The van der Waals surface area contributed by atoms with Crippen LogP contribution in [0.5, 0.6) is 0 Å². The molecule has 0 saturated carbocycles. The Labute approximate surface area is 172 Å². The number of fused-ring (bicyclic) bond motifs is 1. The van der Waals surface area contributed by atoms with Gasteiger partial charge in [0.05, 0.1) is 0 Å². The number of unbranched alkanes of at least 4 members (excludes halogenated alkanes) is 5. The molecule has 0 spiro atoms. The number of rotatable bonds is 9. The van der Waals surface area contributed by atoms with Gasteiger partial charge in [-0.1, -0.05) is 87.6 Å². The maximum Gasteiger partial charge on any atom is 0.346 e. The van der Waals surface area contributed by atoms with Crippen molar-refractivity contribution in [3.8, 4) is 11.1 Å². The lowest BCUT2D eigenvalue weighted by Crippen LogP contribution is -2.05. The van der Waals surface area contributed by atoms with Crippen LogP contribution in [0.3, 0.4) is 0 Å². The fraction of sp³-hybridized carbons (Fsp3) is 0.346. The van der Waals surface area contributed by atoms with E-state index in [1.54, 1.807) is 6.07 Å². The summed E-state index contributed by atoms with van der Waals surface area (Å²) in [5.74, 6) is 0.127. The van der Waals surface area contributed by atoms with Crippen LogP contribution in [-0.2, 0) is 6.42 Å². The monoisotopic (exact) mass is 392 g/mol. The van der Waals surface area contributed by atoms with E-state index in [0.29, 0.717) is 23.1 Å². The standard InChI is InChI=1S/C26H29FO2/c1-3-5-6-7-8-9-11-22-18-21-16-17-23(25(27)24(21)26(28)29-22)20-14-12-19(10-4-2)13-15-20/h4,10,12-18H,3,5-9,11H2,1-2H3/b10-4+. The van der Waals surface area contributed by atoms with Gasteiger partial charge in [-0.05, 0) is 35.9 Å². The lowest BCUT2D eigenvalue weighted by atomic mass is 9.99. The molecule has 0 fully saturated rings. The Morgan fingerprint density at radius 1 is 0.966 bits per heavy atom. The Kier molecular flexibility index (Phi) is 7.40. The van der Waals surface area contributed by atoms with Crippen LogP contribution in [0.25, 0.3) is 28.0 Å². The van der Waals surface area contributed by atoms with Gasteiger partial charge in [0.2, 0.25) is 0 Å². The lowest BCUT2D eigenvalue weighted by Gasteiger charge is -2.08. The molecular weight excluding hydrogens is 363 g/mol. The summed E-state index contributed by atoms with van der Waals surface area (Å²) in [7, 11) is 0. The smallest absolute Gasteiger partial charge is 0.346 e. The average molecular weight is 393 g/mol. The summed E-state index contributed by atoms with van der Waals surface area (Å²) >= 11 is 0. The van der Waals surface area contributed by atoms with E-state index in [9.17, 15) is 4.79 Å². The van der Waals surface area contributed by atoms with Gasteiger partial charge in [0, 0.05) is 12.0 Å². The summed E-state index contributed by atoms with van der Waals surface area (Å²) in [6.07, 6.45) is 11.7. The lowest BCUT2D eigenvalue weighted by molar-refractivity contribution is 0.453. The molecule has 3 heteroatoms. The molecule has 0 saturated heterocycles. The molecule has 0 aliphatic carbocycles. The van der Waals surface area contributed by atoms with Crippen LogP contribution in [0, 0.1) is 5.82 Å². The highest BCUT2D eigenvalue weighted by atomic mass is 19.1. The summed E-state index contributed by atoms with van der Waals surface area (Å²) in [6, 6.07) is 13.0. The van der Waals surface area contributed by atoms with Gasteiger partial charge in [-0.25, -0.2) is 9.18 Å². The van der Waals surface area contributed by atoms with Crippen molar-refractivity contribution in [2.45, 2.75) is 58.8 Å². The molecule has 0 aliphatic rings. The molecule has 2 nitrogen and oxygen atoms in total. The first-order valence-electron chi connectivity index (χ1n) is 10.6. The van der Waals surface area contributed by atoms with Gasteiger partial charge in [-0.2, -0.15) is 0 Å². The van der Waals surface area contributed by atoms with Crippen LogP contribution in [0.1, 0.15) is 63.7 Å². The third-order valence-corrected chi connectivity index (χ3v) is 5.28. The molecule has 3 aromatic rings. The number of halogens is 1. The number of benzene rings is 2. The fourth-order valence-corrected chi connectivity index (χ4v) is 3.68. The van der Waals surface area contributed by atoms with Gasteiger partial charge in [-0.15, -0.1) is 0 Å². The molecule has 0 unspecified atom stereocenters. The van der Waals surface area contributed by atoms with E-state index >= 15 is 4.39 Å². The molecule has 0 atom stereocenters. The molecule has 0 bridgehead atoms. The van der Waals surface area contributed by atoms with Crippen LogP contribution < -0.4 is 5.63 Å². The van der Waals surface area contributed by atoms with Gasteiger partial charge in [0.25, 0.3) is 0 Å². The molecule has 0 aliphatic heterocycles. The van der Waals surface area contributed by atoms with E-state index in [1.807, 2.05) is 55.5 Å². The molecule has 29 heavy (non-hydrogen) atoms. The Bertz CT molecular complexity index is 1030. The van der Waals surface area contributed by atoms with Gasteiger partial charge in [-0.3, -0.25) is 0 Å². The van der Waals surface area contributed by atoms with Crippen molar-refractivity contribution in [1.82, 2.24) is 0 Å². The Morgan fingerprint density at radius 2 is 1.69 bits per heavy atom. The second-order valence-electron chi connectivity index (χ2n) is 7.53. The number of allylic oxidation sites excluding steroid dienone is 1. The molecule has 1 aromatic heterocycles. The van der Waals surface area contributed by atoms with Crippen molar-refractivity contribution in [2.24, 2.45) is 0 Å². The SMILES string of the molecule is C/C=C/c1ccc(-c2ccc3cc(CCCCCCCC)oc(=O)c3c2F)cc1.